The second-order valence-electron chi connectivity index (χ2n) is 7.33. The molecule has 156 valence electrons. The van der Waals surface area contributed by atoms with E-state index in [4.69, 9.17) is 4.98 Å². The predicted molar refractivity (Wildman–Crippen MR) is 127 cm³/mol. The highest BCUT2D eigenvalue weighted by molar-refractivity contribution is 7.99. The number of thioether (sulfide) groups is 1. The maximum atomic E-state index is 13.2. The van der Waals surface area contributed by atoms with Gasteiger partial charge in [0.15, 0.2) is 5.16 Å². The number of benzene rings is 3. The van der Waals surface area contributed by atoms with Crippen molar-refractivity contribution in [3.05, 3.63) is 94.3 Å². The first-order valence-corrected chi connectivity index (χ1v) is 11.1. The fraction of sp³-hybridized carbons (Fsp3) is 0.160. The van der Waals surface area contributed by atoms with Gasteiger partial charge in [-0.05, 0) is 61.4 Å². The summed E-state index contributed by atoms with van der Waals surface area (Å²) in [4.78, 5) is 30.3. The van der Waals surface area contributed by atoms with Crippen LogP contribution < -0.4 is 10.9 Å². The number of amides is 1. The lowest BCUT2D eigenvalue weighted by molar-refractivity contribution is -0.115. The van der Waals surface area contributed by atoms with Crippen LogP contribution in [0.2, 0.25) is 0 Å². The van der Waals surface area contributed by atoms with Crippen LogP contribution in [0.15, 0.2) is 82.7 Å². The van der Waals surface area contributed by atoms with Crippen LogP contribution in [-0.2, 0) is 4.79 Å². The zero-order chi connectivity index (χ0) is 21.8. The number of aromatic nitrogens is 2. The zero-order valence-electron chi connectivity index (χ0n) is 17.5. The van der Waals surface area contributed by atoms with Gasteiger partial charge in [0.1, 0.15) is 0 Å². The third kappa shape index (κ3) is 4.70. The van der Waals surface area contributed by atoms with E-state index in [1.54, 1.807) is 10.6 Å². The van der Waals surface area contributed by atoms with Crippen LogP contribution >= 0.6 is 11.8 Å². The van der Waals surface area contributed by atoms with Crippen molar-refractivity contribution in [1.82, 2.24) is 9.55 Å². The summed E-state index contributed by atoms with van der Waals surface area (Å²) in [5.41, 5.74) is 4.42. The molecule has 0 bridgehead atoms. The predicted octanol–water partition coefficient (Wildman–Crippen LogP) is 5.12. The highest BCUT2D eigenvalue weighted by Gasteiger charge is 2.14. The molecule has 31 heavy (non-hydrogen) atoms. The molecule has 0 unspecified atom stereocenters. The van der Waals surface area contributed by atoms with E-state index in [2.05, 4.69) is 5.32 Å². The highest BCUT2D eigenvalue weighted by Crippen LogP contribution is 2.22. The van der Waals surface area contributed by atoms with E-state index in [0.717, 1.165) is 16.9 Å². The standard InChI is InChI=1S/C25H23N3O2S/c1-17-12-13-19(16-18(17)2)26-23(29)14-15-31-25-27-22-11-7-6-10-21(22)24(30)28(25)20-8-4-3-5-9-20/h3-13,16H,14-15H2,1-2H3,(H,26,29). The molecule has 0 spiro atoms. The lowest BCUT2D eigenvalue weighted by atomic mass is 10.1. The number of hydrogen-bond acceptors (Lipinski definition) is 4. The van der Waals surface area contributed by atoms with E-state index in [0.29, 0.717) is 28.2 Å². The van der Waals surface area contributed by atoms with Gasteiger partial charge in [-0.25, -0.2) is 4.98 Å². The van der Waals surface area contributed by atoms with Gasteiger partial charge in [-0.2, -0.15) is 0 Å². The molecule has 0 aliphatic carbocycles. The molecule has 0 saturated carbocycles. The zero-order valence-corrected chi connectivity index (χ0v) is 18.3. The van der Waals surface area contributed by atoms with E-state index >= 15 is 0 Å². The van der Waals surface area contributed by atoms with Crippen molar-refractivity contribution in [1.29, 1.82) is 0 Å². The van der Waals surface area contributed by atoms with E-state index in [9.17, 15) is 9.59 Å². The number of fused-ring (bicyclic) bond motifs is 1. The first-order chi connectivity index (χ1) is 15.0. The molecule has 1 N–H and O–H groups in total. The minimum atomic E-state index is -0.112. The Hall–Kier alpha value is -3.38. The van der Waals surface area contributed by atoms with Crippen LogP contribution in [0.25, 0.3) is 16.6 Å². The minimum Gasteiger partial charge on any atom is -0.326 e. The van der Waals surface area contributed by atoms with Crippen molar-refractivity contribution in [2.45, 2.75) is 25.4 Å². The summed E-state index contributed by atoms with van der Waals surface area (Å²) >= 11 is 1.41. The Morgan fingerprint density at radius 2 is 1.71 bits per heavy atom. The lowest BCUT2D eigenvalue weighted by Gasteiger charge is -2.13. The summed E-state index contributed by atoms with van der Waals surface area (Å²) in [5, 5.41) is 4.09. The minimum absolute atomic E-state index is 0.0647. The average Bonchev–Trinajstić information content (AvgIpc) is 2.77. The monoisotopic (exact) mass is 429 g/mol. The van der Waals surface area contributed by atoms with Gasteiger partial charge in [0.25, 0.3) is 5.56 Å². The van der Waals surface area contributed by atoms with E-state index in [1.807, 2.05) is 80.6 Å². The number of aryl methyl sites for hydroxylation is 2. The third-order valence-corrected chi connectivity index (χ3v) is 6.05. The van der Waals surface area contributed by atoms with Crippen molar-refractivity contribution in [3.8, 4) is 5.69 Å². The molecule has 0 fully saturated rings. The Morgan fingerprint density at radius 1 is 0.968 bits per heavy atom. The molecule has 0 aliphatic heterocycles. The van der Waals surface area contributed by atoms with Gasteiger partial charge < -0.3 is 5.32 Å². The van der Waals surface area contributed by atoms with Crippen LogP contribution in [-0.4, -0.2) is 21.2 Å². The second kappa shape index (κ2) is 9.18. The van der Waals surface area contributed by atoms with Gasteiger partial charge in [-0.1, -0.05) is 48.2 Å². The molecule has 0 atom stereocenters. The Balaban J connectivity index is 1.54. The molecule has 0 radical (unpaired) electrons. The molecular weight excluding hydrogens is 406 g/mol. The third-order valence-electron chi connectivity index (χ3n) is 5.11. The fourth-order valence-electron chi connectivity index (χ4n) is 3.29. The van der Waals surface area contributed by atoms with Crippen molar-refractivity contribution >= 4 is 34.3 Å². The summed E-state index contributed by atoms with van der Waals surface area (Å²) in [5.74, 6) is 0.444. The summed E-state index contributed by atoms with van der Waals surface area (Å²) < 4.78 is 1.62. The highest BCUT2D eigenvalue weighted by atomic mass is 32.2. The smallest absolute Gasteiger partial charge is 0.266 e. The number of rotatable bonds is 6. The average molecular weight is 430 g/mol. The van der Waals surface area contributed by atoms with Gasteiger partial charge in [0, 0.05) is 17.9 Å². The molecular formula is C25H23N3O2S. The SMILES string of the molecule is Cc1ccc(NC(=O)CCSc2nc3ccccc3c(=O)n2-c2ccccc2)cc1C. The van der Waals surface area contributed by atoms with Gasteiger partial charge in [0.2, 0.25) is 5.91 Å². The van der Waals surface area contributed by atoms with Gasteiger partial charge >= 0.3 is 0 Å². The normalized spacial score (nSPS) is 10.9. The molecule has 3 aromatic carbocycles. The quantitative estimate of drug-likeness (QED) is 0.341. The van der Waals surface area contributed by atoms with Crippen molar-refractivity contribution in [2.75, 3.05) is 11.1 Å². The Labute approximate surface area is 185 Å². The van der Waals surface area contributed by atoms with Crippen molar-refractivity contribution in [3.63, 3.8) is 0 Å². The fourth-order valence-corrected chi connectivity index (χ4v) is 4.24. The van der Waals surface area contributed by atoms with Crippen LogP contribution in [0.4, 0.5) is 5.69 Å². The van der Waals surface area contributed by atoms with Crippen molar-refractivity contribution < 1.29 is 4.79 Å². The topological polar surface area (TPSA) is 64.0 Å². The van der Waals surface area contributed by atoms with Crippen LogP contribution in [0.5, 0.6) is 0 Å². The summed E-state index contributed by atoms with van der Waals surface area (Å²) in [7, 11) is 0. The molecule has 1 aromatic heterocycles. The maximum absolute atomic E-state index is 13.2. The largest absolute Gasteiger partial charge is 0.326 e. The lowest BCUT2D eigenvalue weighted by Crippen LogP contribution is -2.22. The first kappa shape index (κ1) is 20.9. The number of para-hydroxylation sites is 2. The first-order valence-electron chi connectivity index (χ1n) is 10.1. The number of carbonyl (C=O) groups excluding carboxylic acids is 1. The number of anilines is 1. The molecule has 4 aromatic rings. The van der Waals surface area contributed by atoms with Gasteiger partial charge in [0.05, 0.1) is 16.6 Å². The van der Waals surface area contributed by atoms with Crippen LogP contribution in [0.1, 0.15) is 17.5 Å². The van der Waals surface area contributed by atoms with Crippen LogP contribution in [0, 0.1) is 13.8 Å². The number of nitrogens with zero attached hydrogens (tertiary/aromatic N) is 2. The number of carbonyl (C=O) groups is 1. The molecule has 0 saturated heterocycles. The van der Waals surface area contributed by atoms with Gasteiger partial charge in [-0.15, -0.1) is 0 Å². The summed E-state index contributed by atoms with van der Waals surface area (Å²) in [6, 6.07) is 22.7. The molecule has 1 heterocycles. The van der Waals surface area contributed by atoms with Gasteiger partial charge in [-0.3, -0.25) is 14.2 Å². The number of hydrogen-bond donors (Lipinski definition) is 1. The van der Waals surface area contributed by atoms with Crippen molar-refractivity contribution in [2.24, 2.45) is 0 Å². The molecule has 1 amide bonds. The van der Waals surface area contributed by atoms with Crippen LogP contribution in [0.3, 0.4) is 0 Å². The van der Waals surface area contributed by atoms with E-state index in [1.165, 1.54) is 17.3 Å². The Kier molecular flexibility index (Phi) is 6.18. The molecule has 0 aliphatic rings. The summed E-state index contributed by atoms with van der Waals surface area (Å²) in [6.07, 6.45) is 0.315. The molecule has 5 nitrogen and oxygen atoms in total. The van der Waals surface area contributed by atoms with E-state index in [-0.39, 0.29) is 11.5 Å². The second-order valence-corrected chi connectivity index (χ2v) is 8.40. The molecule has 4 rings (SSSR count). The molecule has 6 heteroatoms. The Morgan fingerprint density at radius 3 is 2.48 bits per heavy atom. The number of nitrogens with one attached hydrogen (secondary N) is 1. The Bertz CT molecular complexity index is 1300. The summed E-state index contributed by atoms with van der Waals surface area (Å²) in [6.45, 7) is 4.06. The maximum Gasteiger partial charge on any atom is 0.266 e. The van der Waals surface area contributed by atoms with E-state index < -0.39 is 0 Å².